The Kier molecular flexibility index (Phi) is 3.49. The summed E-state index contributed by atoms with van der Waals surface area (Å²) in [4.78, 5) is 0. The van der Waals surface area contributed by atoms with Gasteiger partial charge in [0.05, 0.1) is 12.2 Å². The molecule has 1 aromatic heterocycles. The van der Waals surface area contributed by atoms with Crippen LogP contribution in [0.2, 0.25) is 0 Å². The molecule has 0 spiro atoms. The van der Waals surface area contributed by atoms with Gasteiger partial charge in [0.1, 0.15) is 11.6 Å². The fourth-order valence-corrected chi connectivity index (χ4v) is 1.61. The fourth-order valence-electron chi connectivity index (χ4n) is 1.61. The first-order chi connectivity index (χ1) is 8.20. The summed E-state index contributed by atoms with van der Waals surface area (Å²) in [6, 6.07) is 5.66. The van der Waals surface area contributed by atoms with Crippen molar-refractivity contribution in [1.82, 2.24) is 15.1 Å². The van der Waals surface area contributed by atoms with Crippen molar-refractivity contribution in [2.24, 2.45) is 0 Å². The molecule has 0 saturated carbocycles. The Labute approximate surface area is 98.1 Å². The first kappa shape index (κ1) is 11.7. The zero-order valence-electron chi connectivity index (χ0n) is 9.45. The highest BCUT2D eigenvalue weighted by atomic mass is 19.1. The third kappa shape index (κ3) is 2.68. The number of nitrogens with zero attached hydrogens (tertiary/aromatic N) is 2. The average Bonchev–Trinajstić information content (AvgIpc) is 2.72. The molecule has 90 valence electrons. The van der Waals surface area contributed by atoms with Crippen LogP contribution in [0.25, 0.3) is 0 Å². The molecule has 2 rings (SSSR count). The Hall–Kier alpha value is -1.75. The molecule has 0 aliphatic carbocycles. The highest BCUT2D eigenvalue weighted by Crippen LogP contribution is 2.13. The van der Waals surface area contributed by atoms with Crippen molar-refractivity contribution in [3.63, 3.8) is 0 Å². The second-order valence-corrected chi connectivity index (χ2v) is 3.74. The number of aromatic nitrogens is 2. The molecule has 0 fully saturated rings. The van der Waals surface area contributed by atoms with E-state index < -0.39 is 11.6 Å². The summed E-state index contributed by atoms with van der Waals surface area (Å²) in [6.07, 6.45) is 1.71. The van der Waals surface area contributed by atoms with Crippen LogP contribution in [0.1, 0.15) is 11.3 Å². The molecule has 0 bridgehead atoms. The quantitative estimate of drug-likeness (QED) is 0.880. The molecule has 0 aliphatic heterocycles. The van der Waals surface area contributed by atoms with Crippen molar-refractivity contribution in [2.45, 2.75) is 13.1 Å². The van der Waals surface area contributed by atoms with E-state index in [9.17, 15) is 8.78 Å². The summed E-state index contributed by atoms with van der Waals surface area (Å²) >= 11 is 0. The van der Waals surface area contributed by atoms with Crippen molar-refractivity contribution in [3.8, 4) is 0 Å². The van der Waals surface area contributed by atoms with E-state index in [1.54, 1.807) is 6.20 Å². The van der Waals surface area contributed by atoms with Gasteiger partial charge in [-0.25, -0.2) is 8.78 Å². The van der Waals surface area contributed by atoms with Crippen LogP contribution < -0.4 is 5.32 Å². The second-order valence-electron chi connectivity index (χ2n) is 3.74. The number of nitrogens with one attached hydrogen (secondary N) is 1. The lowest BCUT2D eigenvalue weighted by Gasteiger charge is -2.04. The fraction of sp³-hybridized carbons (Fsp3) is 0.250. The van der Waals surface area contributed by atoms with Gasteiger partial charge < -0.3 is 5.32 Å². The van der Waals surface area contributed by atoms with E-state index in [-0.39, 0.29) is 12.1 Å². The SMILES string of the molecule is CNCc1ccn(Cc2c(F)cccc2F)n1. The normalized spacial score (nSPS) is 10.8. The standard InChI is InChI=1S/C12H13F2N3/c1-15-7-9-5-6-17(16-9)8-10-11(13)3-2-4-12(10)14/h2-6,15H,7-8H2,1H3. The molecule has 0 aliphatic rings. The molecule has 3 nitrogen and oxygen atoms in total. The molecular formula is C12H13F2N3. The molecular weight excluding hydrogens is 224 g/mol. The third-order valence-corrected chi connectivity index (χ3v) is 2.44. The minimum absolute atomic E-state index is 0.0339. The van der Waals surface area contributed by atoms with Gasteiger partial charge in [-0.15, -0.1) is 0 Å². The number of hydrogen-bond donors (Lipinski definition) is 1. The maximum Gasteiger partial charge on any atom is 0.131 e. The number of rotatable bonds is 4. The van der Waals surface area contributed by atoms with E-state index in [0.717, 1.165) is 5.69 Å². The molecule has 0 amide bonds. The van der Waals surface area contributed by atoms with E-state index in [1.165, 1.54) is 22.9 Å². The van der Waals surface area contributed by atoms with E-state index in [2.05, 4.69) is 10.4 Å². The Morgan fingerprint density at radius 2 is 1.94 bits per heavy atom. The zero-order chi connectivity index (χ0) is 12.3. The minimum atomic E-state index is -0.546. The third-order valence-electron chi connectivity index (χ3n) is 2.44. The van der Waals surface area contributed by atoms with Gasteiger partial charge in [0, 0.05) is 18.3 Å². The molecule has 0 unspecified atom stereocenters. The Morgan fingerprint density at radius 3 is 2.59 bits per heavy atom. The van der Waals surface area contributed by atoms with Crippen LogP contribution in [-0.2, 0) is 13.1 Å². The summed E-state index contributed by atoms with van der Waals surface area (Å²) in [5.41, 5.74) is 0.871. The van der Waals surface area contributed by atoms with Crippen molar-refractivity contribution >= 4 is 0 Å². The molecule has 1 heterocycles. The van der Waals surface area contributed by atoms with Crippen molar-refractivity contribution < 1.29 is 8.78 Å². The van der Waals surface area contributed by atoms with Gasteiger partial charge in [0.2, 0.25) is 0 Å². The van der Waals surface area contributed by atoms with Crippen LogP contribution in [0.5, 0.6) is 0 Å². The van der Waals surface area contributed by atoms with Gasteiger partial charge in [-0.1, -0.05) is 6.07 Å². The lowest BCUT2D eigenvalue weighted by Crippen LogP contribution is -2.08. The van der Waals surface area contributed by atoms with Crippen molar-refractivity contribution in [1.29, 1.82) is 0 Å². The number of halogens is 2. The average molecular weight is 237 g/mol. The molecule has 1 aromatic carbocycles. The summed E-state index contributed by atoms with van der Waals surface area (Å²) in [5, 5.41) is 7.16. The van der Waals surface area contributed by atoms with Crippen LogP contribution >= 0.6 is 0 Å². The Morgan fingerprint density at radius 1 is 1.24 bits per heavy atom. The van der Waals surface area contributed by atoms with Crippen LogP contribution in [0, 0.1) is 11.6 Å². The summed E-state index contributed by atoms with van der Waals surface area (Å²) in [6.45, 7) is 0.731. The molecule has 0 saturated heterocycles. The first-order valence-corrected chi connectivity index (χ1v) is 5.30. The van der Waals surface area contributed by atoms with E-state index in [0.29, 0.717) is 6.54 Å². The monoisotopic (exact) mass is 237 g/mol. The number of hydrogen-bond acceptors (Lipinski definition) is 2. The molecule has 0 radical (unpaired) electrons. The van der Waals surface area contributed by atoms with Crippen molar-refractivity contribution in [2.75, 3.05) is 7.05 Å². The van der Waals surface area contributed by atoms with Gasteiger partial charge in [-0.2, -0.15) is 5.10 Å². The van der Waals surface area contributed by atoms with Gasteiger partial charge >= 0.3 is 0 Å². The van der Waals surface area contributed by atoms with Crippen LogP contribution in [0.15, 0.2) is 30.5 Å². The smallest absolute Gasteiger partial charge is 0.131 e. The molecule has 2 aromatic rings. The summed E-state index contributed by atoms with van der Waals surface area (Å²) in [5.74, 6) is -1.09. The maximum atomic E-state index is 13.4. The van der Waals surface area contributed by atoms with Crippen LogP contribution in [0.3, 0.4) is 0 Å². The predicted octanol–water partition coefficient (Wildman–Crippen LogP) is 1.93. The summed E-state index contributed by atoms with van der Waals surface area (Å²) in [7, 11) is 1.82. The van der Waals surface area contributed by atoms with Gasteiger partial charge in [0.25, 0.3) is 0 Å². The Balaban J connectivity index is 2.19. The van der Waals surface area contributed by atoms with Crippen molar-refractivity contribution in [3.05, 3.63) is 53.4 Å². The largest absolute Gasteiger partial charge is 0.314 e. The van der Waals surface area contributed by atoms with Gasteiger partial charge in [-0.3, -0.25) is 4.68 Å². The highest BCUT2D eigenvalue weighted by molar-refractivity contribution is 5.20. The molecule has 17 heavy (non-hydrogen) atoms. The van der Waals surface area contributed by atoms with Crippen LogP contribution in [0.4, 0.5) is 8.78 Å². The van der Waals surface area contributed by atoms with E-state index in [4.69, 9.17) is 0 Å². The number of benzene rings is 1. The molecule has 1 N–H and O–H groups in total. The lowest BCUT2D eigenvalue weighted by molar-refractivity contribution is 0.530. The second kappa shape index (κ2) is 5.05. The summed E-state index contributed by atoms with van der Waals surface area (Å²) < 4.78 is 28.3. The van der Waals surface area contributed by atoms with E-state index >= 15 is 0 Å². The van der Waals surface area contributed by atoms with Gasteiger partial charge in [0.15, 0.2) is 0 Å². The molecule has 5 heteroatoms. The predicted molar refractivity (Wildman–Crippen MR) is 60.5 cm³/mol. The Bertz CT molecular complexity index is 488. The molecule has 0 atom stereocenters. The minimum Gasteiger partial charge on any atom is -0.314 e. The topological polar surface area (TPSA) is 29.9 Å². The first-order valence-electron chi connectivity index (χ1n) is 5.30. The van der Waals surface area contributed by atoms with Gasteiger partial charge in [-0.05, 0) is 25.2 Å². The van der Waals surface area contributed by atoms with Crippen LogP contribution in [-0.4, -0.2) is 16.8 Å². The zero-order valence-corrected chi connectivity index (χ0v) is 9.45. The maximum absolute atomic E-state index is 13.4. The highest BCUT2D eigenvalue weighted by Gasteiger charge is 2.09. The van der Waals surface area contributed by atoms with E-state index in [1.807, 2.05) is 13.1 Å². The lowest BCUT2D eigenvalue weighted by atomic mass is 10.2.